The van der Waals surface area contributed by atoms with E-state index >= 15 is 0 Å². The van der Waals surface area contributed by atoms with Gasteiger partial charge < -0.3 is 14.7 Å². The van der Waals surface area contributed by atoms with Gasteiger partial charge in [0.2, 0.25) is 5.91 Å². The van der Waals surface area contributed by atoms with Crippen LogP contribution in [0.15, 0.2) is 30.5 Å². The highest BCUT2D eigenvalue weighted by Crippen LogP contribution is 2.39. The van der Waals surface area contributed by atoms with Gasteiger partial charge in [0.1, 0.15) is 0 Å². The molecule has 1 aromatic carbocycles. The van der Waals surface area contributed by atoms with Crippen molar-refractivity contribution in [2.45, 2.75) is 31.9 Å². The lowest BCUT2D eigenvalue weighted by atomic mass is 9.83. The average molecular weight is 449 g/mol. The van der Waals surface area contributed by atoms with E-state index in [0.717, 1.165) is 50.8 Å². The predicted octanol–water partition coefficient (Wildman–Crippen LogP) is 3.84. The maximum absolute atomic E-state index is 13.5. The zero-order valence-corrected chi connectivity index (χ0v) is 18.7. The van der Waals surface area contributed by atoms with Crippen molar-refractivity contribution in [3.63, 3.8) is 0 Å². The molecule has 174 valence electrons. The van der Waals surface area contributed by atoms with Crippen LogP contribution < -0.4 is 0 Å². The largest absolute Gasteiger partial charge is 0.418 e. The number of likely N-dealkylation sites (tertiary alicyclic amines) is 1. The lowest BCUT2D eigenvalue weighted by Crippen LogP contribution is -2.47. The fraction of sp³-hybridized carbons (Fsp3) is 0.583. The minimum absolute atomic E-state index is 0.000296. The standard InChI is InChI=1S/C24H31F3N4O/c1-17-14-18(16-31(15-17)22(32)7-9-30-12-10-29(2)11-13-30)19-5-6-21(24(25,26)27)23-20(19)4-3-8-28-23/h3-6,8,17-18H,7,9-16H2,1-2H3/t17-,18?/m0/s1. The third kappa shape index (κ3) is 5.07. The Balaban J connectivity index is 1.50. The highest BCUT2D eigenvalue weighted by molar-refractivity contribution is 5.86. The minimum atomic E-state index is -4.45. The first-order valence-corrected chi connectivity index (χ1v) is 11.4. The molecule has 2 aliphatic heterocycles. The molecule has 1 aromatic heterocycles. The molecule has 2 aliphatic rings. The molecule has 2 atom stereocenters. The van der Waals surface area contributed by atoms with Crippen LogP contribution >= 0.6 is 0 Å². The van der Waals surface area contributed by atoms with Crippen molar-refractivity contribution < 1.29 is 18.0 Å². The molecule has 0 N–H and O–H groups in total. The van der Waals surface area contributed by atoms with E-state index in [9.17, 15) is 18.0 Å². The quantitative estimate of drug-likeness (QED) is 0.713. The summed E-state index contributed by atoms with van der Waals surface area (Å²) in [4.78, 5) is 23.6. The fourth-order valence-corrected chi connectivity index (χ4v) is 5.04. The lowest BCUT2D eigenvalue weighted by molar-refractivity contribution is -0.136. The van der Waals surface area contributed by atoms with Crippen LogP contribution in [-0.4, -0.2) is 78.5 Å². The number of piperidine rings is 1. The number of benzene rings is 1. The number of hydrogen-bond donors (Lipinski definition) is 0. The molecule has 5 nitrogen and oxygen atoms in total. The summed E-state index contributed by atoms with van der Waals surface area (Å²) in [5.41, 5.74) is 0.133. The van der Waals surface area contributed by atoms with Gasteiger partial charge in [-0.05, 0) is 37.1 Å². The number of amides is 1. The van der Waals surface area contributed by atoms with E-state index in [4.69, 9.17) is 0 Å². The van der Waals surface area contributed by atoms with Gasteiger partial charge in [0, 0.05) is 69.7 Å². The van der Waals surface area contributed by atoms with Crippen molar-refractivity contribution in [2.24, 2.45) is 5.92 Å². The molecule has 2 aromatic rings. The highest BCUT2D eigenvalue weighted by atomic mass is 19.4. The smallest absolute Gasteiger partial charge is 0.342 e. The molecule has 0 bridgehead atoms. The monoisotopic (exact) mass is 448 g/mol. The second-order valence-electron chi connectivity index (χ2n) is 9.33. The Hall–Kier alpha value is -2.19. The number of halogens is 3. The number of fused-ring (bicyclic) bond motifs is 1. The zero-order valence-electron chi connectivity index (χ0n) is 18.7. The first-order valence-electron chi connectivity index (χ1n) is 11.4. The Morgan fingerprint density at radius 3 is 2.59 bits per heavy atom. The van der Waals surface area contributed by atoms with Gasteiger partial charge >= 0.3 is 6.18 Å². The molecule has 2 fully saturated rings. The first-order chi connectivity index (χ1) is 15.2. The minimum Gasteiger partial charge on any atom is -0.342 e. The van der Waals surface area contributed by atoms with Crippen molar-refractivity contribution in [3.8, 4) is 0 Å². The van der Waals surface area contributed by atoms with Gasteiger partial charge in [-0.15, -0.1) is 0 Å². The van der Waals surface area contributed by atoms with Crippen LogP contribution in [0.4, 0.5) is 13.2 Å². The SMILES string of the molecule is C[C@H]1CC(c2ccc(C(F)(F)F)c3ncccc23)CN(C(=O)CCN2CCN(C)CC2)C1. The van der Waals surface area contributed by atoms with Gasteiger partial charge in [0.15, 0.2) is 0 Å². The maximum Gasteiger partial charge on any atom is 0.418 e. The van der Waals surface area contributed by atoms with Crippen molar-refractivity contribution in [1.29, 1.82) is 0 Å². The molecular formula is C24H31F3N4O. The summed E-state index contributed by atoms with van der Waals surface area (Å²) in [6.07, 6.45) is -1.72. The van der Waals surface area contributed by atoms with E-state index in [1.807, 2.05) is 4.90 Å². The van der Waals surface area contributed by atoms with Gasteiger partial charge in [0.25, 0.3) is 0 Å². The molecule has 0 aliphatic carbocycles. The number of aromatic nitrogens is 1. The van der Waals surface area contributed by atoms with Crippen LogP contribution in [-0.2, 0) is 11.0 Å². The van der Waals surface area contributed by atoms with E-state index < -0.39 is 11.7 Å². The van der Waals surface area contributed by atoms with Crippen molar-refractivity contribution >= 4 is 16.8 Å². The second kappa shape index (κ2) is 9.35. The molecule has 4 rings (SSSR count). The predicted molar refractivity (Wildman–Crippen MR) is 118 cm³/mol. The Kier molecular flexibility index (Phi) is 6.72. The van der Waals surface area contributed by atoms with Gasteiger partial charge in [-0.25, -0.2) is 0 Å². The Morgan fingerprint density at radius 1 is 1.12 bits per heavy atom. The number of hydrogen-bond acceptors (Lipinski definition) is 4. The summed E-state index contributed by atoms with van der Waals surface area (Å²) >= 11 is 0. The van der Waals surface area contributed by atoms with Gasteiger partial charge in [-0.3, -0.25) is 9.78 Å². The summed E-state index contributed by atoms with van der Waals surface area (Å²) in [5, 5.41) is 0.534. The highest BCUT2D eigenvalue weighted by Gasteiger charge is 2.35. The topological polar surface area (TPSA) is 39.7 Å². The Morgan fingerprint density at radius 2 is 1.88 bits per heavy atom. The normalized spacial score (nSPS) is 23.6. The van der Waals surface area contributed by atoms with Gasteiger partial charge in [-0.2, -0.15) is 13.2 Å². The molecule has 3 heterocycles. The second-order valence-corrected chi connectivity index (χ2v) is 9.33. The summed E-state index contributed by atoms with van der Waals surface area (Å²) in [6, 6.07) is 6.12. The van der Waals surface area contributed by atoms with Gasteiger partial charge in [-0.1, -0.05) is 19.1 Å². The molecule has 2 saturated heterocycles. The van der Waals surface area contributed by atoms with Crippen LogP contribution in [0.1, 0.15) is 36.8 Å². The summed E-state index contributed by atoms with van der Waals surface area (Å²) in [5.74, 6) is 0.422. The van der Waals surface area contributed by atoms with Crippen molar-refractivity contribution in [3.05, 3.63) is 41.6 Å². The number of piperazine rings is 1. The van der Waals surface area contributed by atoms with E-state index in [0.29, 0.717) is 24.9 Å². The number of alkyl halides is 3. The molecule has 1 amide bonds. The average Bonchev–Trinajstić information content (AvgIpc) is 2.76. The molecule has 0 radical (unpaired) electrons. The van der Waals surface area contributed by atoms with Crippen LogP contribution in [0.2, 0.25) is 0 Å². The van der Waals surface area contributed by atoms with E-state index in [1.165, 1.54) is 6.20 Å². The lowest BCUT2D eigenvalue weighted by Gasteiger charge is -2.38. The molecule has 0 spiro atoms. The maximum atomic E-state index is 13.5. The zero-order chi connectivity index (χ0) is 22.9. The van der Waals surface area contributed by atoms with E-state index in [2.05, 4.69) is 28.8 Å². The molecule has 32 heavy (non-hydrogen) atoms. The van der Waals surface area contributed by atoms with Crippen LogP contribution in [0.3, 0.4) is 0 Å². The van der Waals surface area contributed by atoms with E-state index in [1.54, 1.807) is 18.2 Å². The third-order valence-corrected chi connectivity index (χ3v) is 6.80. The van der Waals surface area contributed by atoms with Crippen LogP contribution in [0, 0.1) is 5.92 Å². The van der Waals surface area contributed by atoms with Crippen molar-refractivity contribution in [1.82, 2.24) is 19.7 Å². The third-order valence-electron chi connectivity index (χ3n) is 6.80. The van der Waals surface area contributed by atoms with Gasteiger partial charge in [0.05, 0.1) is 11.1 Å². The summed E-state index contributed by atoms with van der Waals surface area (Å²) in [6.45, 7) is 8.11. The summed E-state index contributed by atoms with van der Waals surface area (Å²) in [7, 11) is 2.11. The van der Waals surface area contributed by atoms with E-state index in [-0.39, 0.29) is 23.3 Å². The molecular weight excluding hydrogens is 417 g/mol. The molecule has 8 heteroatoms. The van der Waals surface area contributed by atoms with Crippen molar-refractivity contribution in [2.75, 3.05) is 52.9 Å². The van der Waals surface area contributed by atoms with Crippen LogP contribution in [0.25, 0.3) is 10.9 Å². The Bertz CT molecular complexity index is 956. The summed E-state index contributed by atoms with van der Waals surface area (Å²) < 4.78 is 40.4. The Labute approximate surface area is 187 Å². The fourth-order valence-electron chi connectivity index (χ4n) is 5.04. The number of carbonyl (C=O) groups is 1. The number of likely N-dealkylation sites (N-methyl/N-ethyl adjacent to an activating group) is 1. The number of nitrogens with zero attached hydrogens (tertiary/aromatic N) is 4. The first kappa shape index (κ1) is 23.0. The molecule has 0 saturated carbocycles. The van der Waals surface area contributed by atoms with Crippen LogP contribution in [0.5, 0.6) is 0 Å². The number of carbonyl (C=O) groups excluding carboxylic acids is 1. The molecule has 1 unspecified atom stereocenters. The number of rotatable bonds is 4. The number of pyridine rings is 1.